The lowest BCUT2D eigenvalue weighted by molar-refractivity contribution is -0.133. The van der Waals surface area contributed by atoms with Gasteiger partial charge in [0.1, 0.15) is 30.5 Å². The first kappa shape index (κ1) is 40.0. The molecule has 0 aliphatic rings. The maximum Gasteiger partial charge on any atom is 0.408 e. The molecular formula is C42H43N5O7S. The van der Waals surface area contributed by atoms with Gasteiger partial charge in [-0.25, -0.2) is 10.6 Å². The number of alkyl carbamates (subject to hydrolysis) is 1. The molecule has 0 radical (unpaired) electrons. The van der Waals surface area contributed by atoms with Crippen LogP contribution in [0.2, 0.25) is 0 Å². The molecule has 3 unspecified atom stereocenters. The monoisotopic (exact) mass is 761 g/mol. The van der Waals surface area contributed by atoms with Crippen molar-refractivity contribution >= 4 is 35.6 Å². The lowest BCUT2D eigenvalue weighted by Gasteiger charge is -2.36. The number of aromatic hydroxyl groups is 1. The fourth-order valence-electron chi connectivity index (χ4n) is 5.98. The van der Waals surface area contributed by atoms with Crippen LogP contribution in [-0.2, 0) is 36.9 Å². The van der Waals surface area contributed by atoms with Crippen LogP contribution < -0.4 is 27.2 Å². The number of hydrogen-bond acceptors (Lipinski definition) is 9. The molecule has 8 N–H and O–H groups in total. The highest BCUT2D eigenvalue weighted by molar-refractivity contribution is 8.00. The van der Waals surface area contributed by atoms with E-state index in [1.807, 2.05) is 115 Å². The van der Waals surface area contributed by atoms with Gasteiger partial charge < -0.3 is 30.9 Å². The second-order valence-corrected chi connectivity index (χ2v) is 13.8. The van der Waals surface area contributed by atoms with E-state index >= 15 is 0 Å². The number of ether oxygens (including phenoxy) is 1. The van der Waals surface area contributed by atoms with Crippen LogP contribution in [0, 0.1) is 0 Å². The van der Waals surface area contributed by atoms with Crippen LogP contribution in [0.5, 0.6) is 5.75 Å². The van der Waals surface area contributed by atoms with Gasteiger partial charge in [-0.3, -0.25) is 19.8 Å². The van der Waals surface area contributed by atoms with Crippen molar-refractivity contribution in [2.24, 2.45) is 5.84 Å². The van der Waals surface area contributed by atoms with Gasteiger partial charge in [0.05, 0.1) is 11.4 Å². The summed E-state index contributed by atoms with van der Waals surface area (Å²) in [5, 5.41) is 27.7. The maximum atomic E-state index is 14.1. The van der Waals surface area contributed by atoms with Gasteiger partial charge in [-0.2, -0.15) is 0 Å². The molecule has 12 nitrogen and oxygen atoms in total. The summed E-state index contributed by atoms with van der Waals surface area (Å²) in [5.74, 6) is 3.04. The summed E-state index contributed by atoms with van der Waals surface area (Å²) in [5.41, 5.74) is 6.13. The van der Waals surface area contributed by atoms with E-state index in [4.69, 9.17) is 10.6 Å². The van der Waals surface area contributed by atoms with E-state index in [9.17, 15) is 29.4 Å². The number of benzene rings is 5. The van der Waals surface area contributed by atoms with E-state index in [0.29, 0.717) is 5.56 Å². The summed E-state index contributed by atoms with van der Waals surface area (Å²) < 4.78 is 4.63. The minimum atomic E-state index is -1.52. The van der Waals surface area contributed by atoms with Gasteiger partial charge in [-0.1, -0.05) is 133 Å². The second kappa shape index (κ2) is 19.8. The van der Waals surface area contributed by atoms with Crippen molar-refractivity contribution in [3.63, 3.8) is 0 Å². The SMILES string of the molecule is NNC(=O)C(Cc1ccc(O)cc1)NC(=O)C(CO)NC(=O)C(CSC(c1ccccc1)(c1ccccc1)c1ccccc1)NC(=O)OCc1ccccc1. The molecule has 5 aromatic carbocycles. The molecule has 0 bridgehead atoms. The molecule has 13 heteroatoms. The third-order valence-electron chi connectivity index (χ3n) is 8.80. The molecular weight excluding hydrogens is 719 g/mol. The molecule has 4 amide bonds. The maximum absolute atomic E-state index is 14.1. The van der Waals surface area contributed by atoms with E-state index in [0.717, 1.165) is 22.3 Å². The summed E-state index contributed by atoms with van der Waals surface area (Å²) in [6.07, 6.45) is -0.872. The number of nitrogens with two attached hydrogens (primary N) is 1. The number of aliphatic hydroxyl groups excluding tert-OH is 1. The molecule has 0 spiro atoms. The topological polar surface area (TPSA) is 192 Å². The predicted octanol–water partition coefficient (Wildman–Crippen LogP) is 3.91. The molecule has 0 heterocycles. The molecule has 284 valence electrons. The summed E-state index contributed by atoms with van der Waals surface area (Å²) in [4.78, 5) is 53.6. The zero-order valence-corrected chi connectivity index (χ0v) is 30.7. The zero-order valence-electron chi connectivity index (χ0n) is 29.8. The van der Waals surface area contributed by atoms with Crippen molar-refractivity contribution in [2.75, 3.05) is 12.4 Å². The number of hydrazine groups is 1. The Morgan fingerprint density at radius 2 is 1.07 bits per heavy atom. The molecule has 0 saturated carbocycles. The first-order valence-electron chi connectivity index (χ1n) is 17.5. The van der Waals surface area contributed by atoms with Gasteiger partial charge in [0, 0.05) is 12.2 Å². The number of aliphatic hydroxyl groups is 1. The number of thioether (sulfide) groups is 1. The van der Waals surface area contributed by atoms with Gasteiger partial charge in [0.15, 0.2) is 0 Å². The fourth-order valence-corrected chi connectivity index (χ4v) is 7.54. The minimum absolute atomic E-state index is 0.00420. The van der Waals surface area contributed by atoms with Crippen LogP contribution in [0.3, 0.4) is 0 Å². The average Bonchev–Trinajstić information content (AvgIpc) is 3.23. The van der Waals surface area contributed by atoms with Crippen molar-refractivity contribution in [3.05, 3.63) is 173 Å². The highest BCUT2D eigenvalue weighted by Crippen LogP contribution is 2.48. The highest BCUT2D eigenvalue weighted by Gasteiger charge is 2.39. The molecule has 0 saturated heterocycles. The Kier molecular flexibility index (Phi) is 14.4. The van der Waals surface area contributed by atoms with Crippen LogP contribution in [0.1, 0.15) is 27.8 Å². The van der Waals surface area contributed by atoms with Gasteiger partial charge in [0.2, 0.25) is 11.8 Å². The van der Waals surface area contributed by atoms with Crippen molar-refractivity contribution < 1.29 is 34.1 Å². The number of hydrogen-bond donors (Lipinski definition) is 7. The summed E-state index contributed by atoms with van der Waals surface area (Å²) in [6.45, 7) is -0.877. The van der Waals surface area contributed by atoms with Gasteiger partial charge in [-0.05, 0) is 39.9 Å². The Balaban J connectivity index is 1.42. The van der Waals surface area contributed by atoms with Crippen LogP contribution >= 0.6 is 11.8 Å². The van der Waals surface area contributed by atoms with Crippen LogP contribution in [0.25, 0.3) is 0 Å². The van der Waals surface area contributed by atoms with Crippen molar-refractivity contribution in [1.29, 1.82) is 0 Å². The number of rotatable bonds is 17. The van der Waals surface area contributed by atoms with Crippen LogP contribution in [0.4, 0.5) is 4.79 Å². The molecule has 0 fully saturated rings. The average molecular weight is 762 g/mol. The second-order valence-electron chi connectivity index (χ2n) is 12.5. The molecule has 55 heavy (non-hydrogen) atoms. The summed E-state index contributed by atoms with van der Waals surface area (Å²) in [6, 6.07) is 40.5. The Morgan fingerprint density at radius 3 is 1.56 bits per heavy atom. The van der Waals surface area contributed by atoms with Crippen molar-refractivity contribution in [2.45, 2.75) is 35.9 Å². The lowest BCUT2D eigenvalue weighted by Crippen LogP contribution is -2.59. The molecule has 5 aromatic rings. The van der Waals surface area contributed by atoms with E-state index < -0.39 is 53.3 Å². The molecule has 5 rings (SSSR count). The minimum Gasteiger partial charge on any atom is -0.508 e. The van der Waals surface area contributed by atoms with Gasteiger partial charge in [0.25, 0.3) is 5.91 Å². The standard InChI is InChI=1S/C42H43N5O7S/c43-47-40(52)35(25-29-21-23-34(49)24-22-29)44-38(50)36(26-48)45-39(51)37(46-41(53)54-27-30-13-5-1-6-14-30)28-55-42(31-15-7-2-8-16-31,32-17-9-3-10-18-32)33-19-11-4-12-20-33/h1-24,35-37,48-49H,25-28,43H2,(H,44,50)(H,45,51)(H,46,53)(H,47,52). The molecule has 0 aliphatic heterocycles. The normalized spacial score (nSPS) is 12.7. The summed E-state index contributed by atoms with van der Waals surface area (Å²) >= 11 is 1.41. The van der Waals surface area contributed by atoms with Crippen LogP contribution in [-0.4, -0.2) is 64.5 Å². The zero-order chi connectivity index (χ0) is 39.0. The molecule has 0 aliphatic carbocycles. The number of phenolic OH excluding ortho intramolecular Hbond substituents is 1. The van der Waals surface area contributed by atoms with Gasteiger partial charge >= 0.3 is 6.09 Å². The largest absolute Gasteiger partial charge is 0.508 e. The summed E-state index contributed by atoms with van der Waals surface area (Å²) in [7, 11) is 0. The molecule has 0 aromatic heterocycles. The van der Waals surface area contributed by atoms with E-state index in [1.165, 1.54) is 23.9 Å². The predicted molar refractivity (Wildman–Crippen MR) is 210 cm³/mol. The highest BCUT2D eigenvalue weighted by atomic mass is 32.2. The van der Waals surface area contributed by atoms with E-state index in [2.05, 4.69) is 16.0 Å². The van der Waals surface area contributed by atoms with E-state index in [-0.39, 0.29) is 24.5 Å². The Morgan fingerprint density at radius 1 is 0.600 bits per heavy atom. The Bertz CT molecular complexity index is 1890. The van der Waals surface area contributed by atoms with Crippen LogP contribution in [0.15, 0.2) is 146 Å². The number of nitrogens with one attached hydrogen (secondary N) is 4. The van der Waals surface area contributed by atoms with Crippen molar-refractivity contribution in [3.8, 4) is 5.75 Å². The van der Waals surface area contributed by atoms with E-state index in [1.54, 1.807) is 24.3 Å². The fraction of sp³-hybridized carbons (Fsp3) is 0.190. The third kappa shape index (κ3) is 10.7. The Hall–Kier alpha value is -6.15. The van der Waals surface area contributed by atoms with Gasteiger partial charge in [-0.15, -0.1) is 11.8 Å². The Labute approximate surface area is 323 Å². The smallest absolute Gasteiger partial charge is 0.408 e. The third-order valence-corrected chi connectivity index (χ3v) is 10.4. The first-order valence-corrected chi connectivity index (χ1v) is 18.5. The number of carbonyl (C=O) groups excluding carboxylic acids is 4. The first-order chi connectivity index (χ1) is 26.7. The number of amides is 4. The molecule has 3 atom stereocenters. The number of phenols is 1. The number of carbonyl (C=O) groups is 4. The lowest BCUT2D eigenvalue weighted by atomic mass is 9.84. The van der Waals surface area contributed by atoms with Crippen molar-refractivity contribution in [1.82, 2.24) is 21.4 Å². The quantitative estimate of drug-likeness (QED) is 0.0319.